The third kappa shape index (κ3) is 6.09. The van der Waals surface area contributed by atoms with E-state index in [1.807, 2.05) is 31.2 Å². The number of unbranched alkanes of at least 4 members (excludes halogenated alkanes) is 1. The van der Waals surface area contributed by atoms with Gasteiger partial charge in [-0.2, -0.15) is 0 Å². The first-order valence-corrected chi connectivity index (χ1v) is 8.52. The lowest BCUT2D eigenvalue weighted by atomic mass is 10.2. The minimum absolute atomic E-state index is 0.251. The second kappa shape index (κ2) is 10.0. The molecule has 0 heterocycles. The zero-order valence-corrected chi connectivity index (χ0v) is 15.0. The summed E-state index contributed by atoms with van der Waals surface area (Å²) < 4.78 is 10.2. The number of nitrogens with one attached hydrogen (secondary N) is 1. The number of benzene rings is 2. The summed E-state index contributed by atoms with van der Waals surface area (Å²) in [5, 5.41) is 2.75. The summed E-state index contributed by atoms with van der Waals surface area (Å²) in [6, 6.07) is 14.0. The lowest BCUT2D eigenvalue weighted by molar-refractivity contribution is -0.111. The van der Waals surface area contributed by atoms with Gasteiger partial charge < -0.3 is 14.8 Å². The largest absolute Gasteiger partial charge is 0.497 e. The predicted molar refractivity (Wildman–Crippen MR) is 102 cm³/mol. The molecule has 2 aromatic carbocycles. The zero-order chi connectivity index (χ0) is 18.8. The van der Waals surface area contributed by atoms with Gasteiger partial charge in [-0.1, -0.05) is 25.5 Å². The van der Waals surface area contributed by atoms with Gasteiger partial charge in [-0.25, -0.2) is 4.79 Å². The fraction of sp³-hybridized carbons (Fsp3) is 0.238. The molecule has 0 saturated heterocycles. The van der Waals surface area contributed by atoms with E-state index in [4.69, 9.17) is 9.47 Å². The summed E-state index contributed by atoms with van der Waals surface area (Å²) >= 11 is 0. The Kier molecular flexibility index (Phi) is 7.43. The van der Waals surface area contributed by atoms with E-state index in [-0.39, 0.29) is 11.9 Å². The van der Waals surface area contributed by atoms with Crippen molar-refractivity contribution in [2.45, 2.75) is 19.8 Å². The number of methoxy groups -OCH3 is 1. The highest BCUT2D eigenvalue weighted by Crippen LogP contribution is 2.13. The number of anilines is 1. The molecule has 1 amide bonds. The highest BCUT2D eigenvalue weighted by molar-refractivity contribution is 6.02. The number of ether oxygens (including phenoxy) is 2. The lowest BCUT2D eigenvalue weighted by Gasteiger charge is -2.06. The fourth-order valence-corrected chi connectivity index (χ4v) is 2.15. The molecule has 5 nitrogen and oxygen atoms in total. The quantitative estimate of drug-likeness (QED) is 0.436. The molecule has 0 aliphatic heterocycles. The van der Waals surface area contributed by atoms with Crippen LogP contribution in [0.2, 0.25) is 0 Å². The summed E-state index contributed by atoms with van der Waals surface area (Å²) in [6.45, 7) is 2.46. The Morgan fingerprint density at radius 1 is 1.04 bits per heavy atom. The van der Waals surface area contributed by atoms with Crippen molar-refractivity contribution in [2.75, 3.05) is 19.0 Å². The minimum Gasteiger partial charge on any atom is -0.497 e. The van der Waals surface area contributed by atoms with Crippen LogP contribution in [0.25, 0.3) is 6.08 Å². The van der Waals surface area contributed by atoms with E-state index in [2.05, 4.69) is 5.32 Å². The van der Waals surface area contributed by atoms with Gasteiger partial charge >= 0.3 is 5.97 Å². The Morgan fingerprint density at radius 3 is 2.35 bits per heavy atom. The van der Waals surface area contributed by atoms with Crippen LogP contribution < -0.4 is 10.1 Å². The Morgan fingerprint density at radius 2 is 1.73 bits per heavy atom. The van der Waals surface area contributed by atoms with Crippen molar-refractivity contribution in [3.8, 4) is 5.75 Å². The standard InChI is InChI=1S/C21H23NO4/c1-3-4-15-26-21(24)17-8-10-18(11-9-17)22-20(23)14-7-16-5-12-19(25-2)13-6-16/h5-14H,3-4,15H2,1-2H3,(H,22,23)/b14-7+. The van der Waals surface area contributed by atoms with Crippen molar-refractivity contribution in [1.82, 2.24) is 0 Å². The Labute approximate surface area is 153 Å². The molecule has 0 aliphatic rings. The first-order chi connectivity index (χ1) is 12.6. The van der Waals surface area contributed by atoms with Gasteiger partial charge in [-0.05, 0) is 54.5 Å². The summed E-state index contributed by atoms with van der Waals surface area (Å²) in [5.41, 5.74) is 1.97. The summed E-state index contributed by atoms with van der Waals surface area (Å²) in [4.78, 5) is 23.8. The van der Waals surface area contributed by atoms with Crippen molar-refractivity contribution in [2.24, 2.45) is 0 Å². The lowest BCUT2D eigenvalue weighted by Crippen LogP contribution is -2.09. The van der Waals surface area contributed by atoms with E-state index in [1.54, 1.807) is 37.5 Å². The topological polar surface area (TPSA) is 64.6 Å². The highest BCUT2D eigenvalue weighted by Gasteiger charge is 2.07. The fourth-order valence-electron chi connectivity index (χ4n) is 2.15. The molecule has 0 saturated carbocycles. The van der Waals surface area contributed by atoms with Crippen LogP contribution in [0.3, 0.4) is 0 Å². The molecule has 0 unspecified atom stereocenters. The summed E-state index contributed by atoms with van der Waals surface area (Å²) in [7, 11) is 1.61. The van der Waals surface area contributed by atoms with Gasteiger partial charge in [0.2, 0.25) is 5.91 Å². The molecular formula is C21H23NO4. The first kappa shape index (κ1) is 19.2. The van der Waals surface area contributed by atoms with E-state index >= 15 is 0 Å². The molecule has 0 spiro atoms. The Balaban J connectivity index is 1.88. The maximum atomic E-state index is 12.0. The molecule has 0 aliphatic carbocycles. The summed E-state index contributed by atoms with van der Waals surface area (Å²) in [6.07, 6.45) is 4.99. The number of hydrogen-bond donors (Lipinski definition) is 1. The van der Waals surface area contributed by atoms with Gasteiger partial charge in [0.25, 0.3) is 0 Å². The number of carbonyl (C=O) groups is 2. The molecular weight excluding hydrogens is 330 g/mol. The van der Waals surface area contributed by atoms with Crippen molar-refractivity contribution in [3.63, 3.8) is 0 Å². The van der Waals surface area contributed by atoms with Crippen LogP contribution >= 0.6 is 0 Å². The van der Waals surface area contributed by atoms with Crippen LogP contribution in [-0.2, 0) is 9.53 Å². The van der Waals surface area contributed by atoms with Gasteiger partial charge in [0.05, 0.1) is 19.3 Å². The van der Waals surface area contributed by atoms with Crippen LogP contribution in [0, 0.1) is 0 Å². The smallest absolute Gasteiger partial charge is 0.338 e. The normalized spacial score (nSPS) is 10.5. The third-order valence-corrected chi connectivity index (χ3v) is 3.66. The van der Waals surface area contributed by atoms with E-state index in [0.717, 1.165) is 24.2 Å². The predicted octanol–water partition coefficient (Wildman–Crippen LogP) is 4.30. The molecule has 0 bridgehead atoms. The third-order valence-electron chi connectivity index (χ3n) is 3.66. The van der Waals surface area contributed by atoms with Crippen LogP contribution in [-0.4, -0.2) is 25.6 Å². The van der Waals surface area contributed by atoms with Gasteiger partial charge in [0, 0.05) is 11.8 Å². The van der Waals surface area contributed by atoms with E-state index in [0.29, 0.717) is 17.9 Å². The van der Waals surface area contributed by atoms with Crippen molar-refractivity contribution < 1.29 is 19.1 Å². The number of hydrogen-bond acceptors (Lipinski definition) is 4. The molecule has 136 valence electrons. The van der Waals surface area contributed by atoms with E-state index in [1.165, 1.54) is 6.08 Å². The van der Waals surface area contributed by atoms with E-state index in [9.17, 15) is 9.59 Å². The molecule has 1 N–H and O–H groups in total. The number of carbonyl (C=O) groups excluding carboxylic acids is 2. The molecule has 2 aromatic rings. The number of rotatable bonds is 8. The number of amides is 1. The average Bonchev–Trinajstić information content (AvgIpc) is 2.67. The van der Waals surface area contributed by atoms with Gasteiger partial charge in [-0.3, -0.25) is 4.79 Å². The SMILES string of the molecule is CCCCOC(=O)c1ccc(NC(=O)/C=C/c2ccc(OC)cc2)cc1. The monoisotopic (exact) mass is 353 g/mol. The Hall–Kier alpha value is -3.08. The maximum Gasteiger partial charge on any atom is 0.338 e. The minimum atomic E-state index is -0.351. The molecule has 0 aromatic heterocycles. The molecule has 5 heteroatoms. The second-order valence-corrected chi connectivity index (χ2v) is 5.66. The van der Waals surface area contributed by atoms with Crippen molar-refractivity contribution in [1.29, 1.82) is 0 Å². The summed E-state index contributed by atoms with van der Waals surface area (Å²) in [5.74, 6) is 0.162. The molecule has 0 atom stereocenters. The van der Waals surface area contributed by atoms with Gasteiger partial charge in [-0.15, -0.1) is 0 Å². The molecule has 2 rings (SSSR count). The Bertz CT molecular complexity index is 749. The van der Waals surface area contributed by atoms with Crippen molar-refractivity contribution >= 4 is 23.6 Å². The van der Waals surface area contributed by atoms with Crippen LogP contribution in [0.15, 0.2) is 54.6 Å². The van der Waals surface area contributed by atoms with E-state index < -0.39 is 0 Å². The maximum absolute atomic E-state index is 12.0. The van der Waals surface area contributed by atoms with Gasteiger partial charge in [0.15, 0.2) is 0 Å². The molecule has 0 radical (unpaired) electrons. The van der Waals surface area contributed by atoms with Gasteiger partial charge in [0.1, 0.15) is 5.75 Å². The van der Waals surface area contributed by atoms with Crippen LogP contribution in [0.1, 0.15) is 35.7 Å². The molecule has 0 fully saturated rings. The highest BCUT2D eigenvalue weighted by atomic mass is 16.5. The number of esters is 1. The first-order valence-electron chi connectivity index (χ1n) is 8.52. The van der Waals surface area contributed by atoms with Crippen molar-refractivity contribution in [3.05, 3.63) is 65.7 Å². The average molecular weight is 353 g/mol. The molecule has 26 heavy (non-hydrogen) atoms. The van der Waals surface area contributed by atoms with Crippen LogP contribution in [0.5, 0.6) is 5.75 Å². The second-order valence-electron chi connectivity index (χ2n) is 5.66. The van der Waals surface area contributed by atoms with Crippen LogP contribution in [0.4, 0.5) is 5.69 Å². The zero-order valence-electron chi connectivity index (χ0n) is 15.0.